The Morgan fingerprint density at radius 2 is 1.84 bits per heavy atom. The van der Waals surface area contributed by atoms with Crippen LogP contribution in [-0.4, -0.2) is 22.2 Å². The Morgan fingerprint density at radius 3 is 2.64 bits per heavy atom. The van der Waals surface area contributed by atoms with Crippen LogP contribution in [0.25, 0.3) is 33.7 Å². The summed E-state index contributed by atoms with van der Waals surface area (Å²) in [6, 6.07) is 15.7. The lowest BCUT2D eigenvalue weighted by molar-refractivity contribution is 0.399. The molecule has 0 aliphatic carbocycles. The standard InChI is InChI=1S/C19H14BrN3O2/c1-11-6-5-7-12-10-14(18(24-2)21-16(11)12)17-22-19(25-23-17)13-8-3-4-9-15(13)20/h3-10H,1-2H3. The van der Waals surface area contributed by atoms with Gasteiger partial charge >= 0.3 is 0 Å². The first-order valence-electron chi connectivity index (χ1n) is 7.70. The molecule has 2 aromatic carbocycles. The molecule has 0 aliphatic rings. The van der Waals surface area contributed by atoms with Crippen LogP contribution in [0.2, 0.25) is 0 Å². The molecule has 0 spiro atoms. The Kier molecular flexibility index (Phi) is 3.97. The lowest BCUT2D eigenvalue weighted by Crippen LogP contribution is -1.95. The van der Waals surface area contributed by atoms with E-state index >= 15 is 0 Å². The first-order valence-corrected chi connectivity index (χ1v) is 8.50. The van der Waals surface area contributed by atoms with E-state index in [9.17, 15) is 0 Å². The number of rotatable bonds is 3. The Labute approximate surface area is 152 Å². The molecule has 6 heteroatoms. The van der Waals surface area contributed by atoms with Crippen LogP contribution in [0.15, 0.2) is 57.5 Å². The van der Waals surface area contributed by atoms with Gasteiger partial charge in [-0.3, -0.25) is 0 Å². The number of aromatic nitrogens is 3. The highest BCUT2D eigenvalue weighted by molar-refractivity contribution is 9.10. The van der Waals surface area contributed by atoms with E-state index in [-0.39, 0.29) is 0 Å². The Hall–Kier alpha value is -2.73. The van der Waals surface area contributed by atoms with Crippen LogP contribution < -0.4 is 4.74 Å². The Morgan fingerprint density at radius 1 is 1.00 bits per heavy atom. The van der Waals surface area contributed by atoms with E-state index in [1.165, 1.54) is 0 Å². The maximum Gasteiger partial charge on any atom is 0.259 e. The summed E-state index contributed by atoms with van der Waals surface area (Å²) < 4.78 is 11.8. The number of hydrogen-bond acceptors (Lipinski definition) is 5. The van der Waals surface area contributed by atoms with Gasteiger partial charge in [0.05, 0.1) is 23.8 Å². The monoisotopic (exact) mass is 395 g/mol. The quantitative estimate of drug-likeness (QED) is 0.486. The number of pyridine rings is 1. The van der Waals surface area contributed by atoms with Gasteiger partial charge in [0.25, 0.3) is 5.89 Å². The highest BCUT2D eigenvalue weighted by Crippen LogP contribution is 2.33. The average molecular weight is 396 g/mol. The number of aryl methyl sites for hydroxylation is 1. The third-order valence-corrected chi connectivity index (χ3v) is 4.67. The van der Waals surface area contributed by atoms with Crippen molar-refractivity contribution in [2.45, 2.75) is 6.92 Å². The van der Waals surface area contributed by atoms with E-state index in [0.717, 1.165) is 26.5 Å². The molecule has 25 heavy (non-hydrogen) atoms. The zero-order chi connectivity index (χ0) is 17.4. The van der Waals surface area contributed by atoms with Crippen molar-refractivity contribution in [3.8, 4) is 28.7 Å². The summed E-state index contributed by atoms with van der Waals surface area (Å²) in [6.45, 7) is 2.02. The van der Waals surface area contributed by atoms with Gasteiger partial charge in [-0.05, 0) is 46.6 Å². The number of benzene rings is 2. The summed E-state index contributed by atoms with van der Waals surface area (Å²) in [5.74, 6) is 1.36. The molecule has 5 nitrogen and oxygen atoms in total. The molecule has 0 N–H and O–H groups in total. The van der Waals surface area contributed by atoms with E-state index < -0.39 is 0 Å². The smallest absolute Gasteiger partial charge is 0.259 e. The lowest BCUT2D eigenvalue weighted by atomic mass is 10.1. The van der Waals surface area contributed by atoms with Crippen LogP contribution >= 0.6 is 15.9 Å². The summed E-state index contributed by atoms with van der Waals surface area (Å²) >= 11 is 3.50. The SMILES string of the molecule is COc1nc2c(C)cccc2cc1-c1noc(-c2ccccc2Br)n1. The molecule has 0 atom stereocenters. The van der Waals surface area contributed by atoms with Crippen molar-refractivity contribution in [2.75, 3.05) is 7.11 Å². The molecule has 0 amide bonds. The third kappa shape index (κ3) is 2.78. The normalized spacial score (nSPS) is 11.0. The molecule has 2 aromatic heterocycles. The van der Waals surface area contributed by atoms with Gasteiger partial charge in [0.1, 0.15) is 0 Å². The summed E-state index contributed by atoms with van der Waals surface area (Å²) in [5, 5.41) is 5.12. The molecule has 0 saturated carbocycles. The highest BCUT2D eigenvalue weighted by atomic mass is 79.9. The number of hydrogen-bond donors (Lipinski definition) is 0. The van der Waals surface area contributed by atoms with E-state index in [0.29, 0.717) is 23.2 Å². The molecule has 124 valence electrons. The molecule has 0 radical (unpaired) electrons. The zero-order valence-corrected chi connectivity index (χ0v) is 15.2. The van der Waals surface area contributed by atoms with Gasteiger partial charge in [0.2, 0.25) is 11.7 Å². The molecular formula is C19H14BrN3O2. The first-order chi connectivity index (χ1) is 12.2. The van der Waals surface area contributed by atoms with Crippen LogP contribution in [-0.2, 0) is 0 Å². The topological polar surface area (TPSA) is 61.0 Å². The first kappa shape index (κ1) is 15.8. The van der Waals surface area contributed by atoms with E-state index in [4.69, 9.17) is 9.26 Å². The van der Waals surface area contributed by atoms with Crippen molar-refractivity contribution in [3.63, 3.8) is 0 Å². The number of fused-ring (bicyclic) bond motifs is 1. The van der Waals surface area contributed by atoms with E-state index in [2.05, 4.69) is 31.1 Å². The van der Waals surface area contributed by atoms with Crippen molar-refractivity contribution in [2.24, 2.45) is 0 Å². The minimum Gasteiger partial charge on any atom is -0.480 e. The average Bonchev–Trinajstić information content (AvgIpc) is 3.11. The zero-order valence-electron chi connectivity index (χ0n) is 13.7. The molecule has 0 saturated heterocycles. The molecule has 4 aromatic rings. The van der Waals surface area contributed by atoms with E-state index in [1.54, 1.807) is 7.11 Å². The van der Waals surface area contributed by atoms with Gasteiger partial charge < -0.3 is 9.26 Å². The van der Waals surface area contributed by atoms with Gasteiger partial charge in [-0.15, -0.1) is 0 Å². The van der Waals surface area contributed by atoms with Crippen LogP contribution in [0.1, 0.15) is 5.56 Å². The second kappa shape index (κ2) is 6.29. The van der Waals surface area contributed by atoms with Crippen molar-refractivity contribution >= 4 is 26.8 Å². The lowest BCUT2D eigenvalue weighted by Gasteiger charge is -2.08. The van der Waals surface area contributed by atoms with Crippen molar-refractivity contribution < 1.29 is 9.26 Å². The predicted molar refractivity (Wildman–Crippen MR) is 99.5 cm³/mol. The molecule has 4 rings (SSSR count). The third-order valence-electron chi connectivity index (χ3n) is 3.98. The van der Waals surface area contributed by atoms with Crippen LogP contribution in [0, 0.1) is 6.92 Å². The van der Waals surface area contributed by atoms with E-state index in [1.807, 2.05) is 55.5 Å². The fraction of sp³-hybridized carbons (Fsp3) is 0.105. The molecule has 0 aliphatic heterocycles. The highest BCUT2D eigenvalue weighted by Gasteiger charge is 2.18. The molecular weight excluding hydrogens is 382 g/mol. The molecule has 0 bridgehead atoms. The maximum absolute atomic E-state index is 5.46. The number of halogens is 1. The molecule has 2 heterocycles. The number of methoxy groups -OCH3 is 1. The minimum atomic E-state index is 0.439. The van der Waals surface area contributed by atoms with Gasteiger partial charge in [-0.25, -0.2) is 4.98 Å². The van der Waals surface area contributed by atoms with Gasteiger partial charge in [0, 0.05) is 9.86 Å². The molecule has 0 fully saturated rings. The van der Waals surface area contributed by atoms with Crippen molar-refractivity contribution in [1.82, 2.24) is 15.1 Å². The second-order valence-electron chi connectivity index (χ2n) is 5.59. The van der Waals surface area contributed by atoms with Crippen molar-refractivity contribution in [1.29, 1.82) is 0 Å². The summed E-state index contributed by atoms with van der Waals surface area (Å²) in [6.07, 6.45) is 0. The van der Waals surface area contributed by atoms with Crippen molar-refractivity contribution in [3.05, 3.63) is 58.6 Å². The fourth-order valence-corrected chi connectivity index (χ4v) is 3.18. The maximum atomic E-state index is 5.46. The Bertz CT molecular complexity index is 1080. The fourth-order valence-electron chi connectivity index (χ4n) is 2.72. The van der Waals surface area contributed by atoms with Gasteiger partial charge in [-0.1, -0.05) is 35.5 Å². The van der Waals surface area contributed by atoms with Crippen LogP contribution in [0.4, 0.5) is 0 Å². The van der Waals surface area contributed by atoms with Crippen LogP contribution in [0.5, 0.6) is 5.88 Å². The number of para-hydroxylation sites is 1. The summed E-state index contributed by atoms with van der Waals surface area (Å²) in [4.78, 5) is 9.14. The predicted octanol–water partition coefficient (Wildman–Crippen LogP) is 5.03. The van der Waals surface area contributed by atoms with Gasteiger partial charge in [-0.2, -0.15) is 4.98 Å². The second-order valence-corrected chi connectivity index (χ2v) is 6.45. The minimum absolute atomic E-state index is 0.439. The number of nitrogens with zero attached hydrogens (tertiary/aromatic N) is 3. The molecule has 0 unspecified atom stereocenters. The summed E-state index contributed by atoms with van der Waals surface area (Å²) in [7, 11) is 1.59. The summed E-state index contributed by atoms with van der Waals surface area (Å²) in [5.41, 5.74) is 3.52. The number of ether oxygens (including phenoxy) is 1. The largest absolute Gasteiger partial charge is 0.480 e. The van der Waals surface area contributed by atoms with Gasteiger partial charge in [0.15, 0.2) is 0 Å². The van der Waals surface area contributed by atoms with Crippen LogP contribution in [0.3, 0.4) is 0 Å². The Balaban J connectivity index is 1.86.